The molecule has 4 heteroatoms. The summed E-state index contributed by atoms with van der Waals surface area (Å²) in [5.41, 5.74) is 6.98. The Morgan fingerprint density at radius 1 is 1.26 bits per heavy atom. The van der Waals surface area contributed by atoms with E-state index < -0.39 is 0 Å². The standard InChI is InChI=1S/C15H24FNO2/c1-15(2,3)14(19-5)12(17)9-10-6-7-13(18-4)11(16)8-10/h6-8,12,14H,9,17H2,1-5H3. The molecule has 2 unspecified atom stereocenters. The molecule has 0 aliphatic carbocycles. The molecule has 0 amide bonds. The number of hydrogen-bond acceptors (Lipinski definition) is 3. The summed E-state index contributed by atoms with van der Waals surface area (Å²) >= 11 is 0. The fourth-order valence-electron chi connectivity index (χ4n) is 2.39. The number of methoxy groups -OCH3 is 2. The van der Waals surface area contributed by atoms with Gasteiger partial charge in [-0.1, -0.05) is 26.8 Å². The number of nitrogens with two attached hydrogens (primary N) is 1. The highest BCUT2D eigenvalue weighted by Crippen LogP contribution is 2.26. The van der Waals surface area contributed by atoms with Gasteiger partial charge < -0.3 is 15.2 Å². The molecule has 108 valence electrons. The smallest absolute Gasteiger partial charge is 0.165 e. The second kappa shape index (κ2) is 6.35. The molecule has 1 aromatic carbocycles. The maximum absolute atomic E-state index is 13.6. The summed E-state index contributed by atoms with van der Waals surface area (Å²) < 4.78 is 24.0. The van der Waals surface area contributed by atoms with Crippen molar-refractivity contribution in [3.05, 3.63) is 29.6 Å². The van der Waals surface area contributed by atoms with Gasteiger partial charge in [-0.3, -0.25) is 0 Å². The number of rotatable bonds is 5. The quantitative estimate of drug-likeness (QED) is 0.894. The van der Waals surface area contributed by atoms with E-state index in [1.54, 1.807) is 13.2 Å². The van der Waals surface area contributed by atoms with Crippen LogP contribution in [0.4, 0.5) is 4.39 Å². The van der Waals surface area contributed by atoms with Gasteiger partial charge in [-0.15, -0.1) is 0 Å². The van der Waals surface area contributed by atoms with Crippen LogP contribution >= 0.6 is 0 Å². The molecule has 19 heavy (non-hydrogen) atoms. The van der Waals surface area contributed by atoms with Gasteiger partial charge in [-0.05, 0) is 29.5 Å². The second-order valence-corrected chi connectivity index (χ2v) is 5.86. The Morgan fingerprint density at radius 3 is 2.32 bits per heavy atom. The molecular formula is C15H24FNO2. The van der Waals surface area contributed by atoms with Crippen LogP contribution in [0.3, 0.4) is 0 Å². The topological polar surface area (TPSA) is 44.5 Å². The summed E-state index contributed by atoms with van der Waals surface area (Å²) in [5.74, 6) is -0.117. The summed E-state index contributed by atoms with van der Waals surface area (Å²) in [6, 6.07) is 4.74. The lowest BCUT2D eigenvalue weighted by atomic mass is 9.83. The molecule has 2 N–H and O–H groups in total. The predicted octanol–water partition coefficient (Wildman–Crippen LogP) is 2.77. The maximum atomic E-state index is 13.6. The predicted molar refractivity (Wildman–Crippen MR) is 74.9 cm³/mol. The molecule has 0 bridgehead atoms. The third-order valence-corrected chi connectivity index (χ3v) is 3.18. The number of ether oxygens (including phenoxy) is 2. The average molecular weight is 269 g/mol. The van der Waals surface area contributed by atoms with Crippen LogP contribution in [-0.2, 0) is 11.2 Å². The Balaban J connectivity index is 2.81. The SMILES string of the molecule is COc1ccc(CC(N)C(OC)C(C)(C)C)cc1F. The van der Waals surface area contributed by atoms with Gasteiger partial charge in [0, 0.05) is 13.2 Å². The highest BCUT2D eigenvalue weighted by atomic mass is 19.1. The maximum Gasteiger partial charge on any atom is 0.165 e. The monoisotopic (exact) mass is 269 g/mol. The number of halogens is 1. The van der Waals surface area contributed by atoms with Crippen molar-refractivity contribution >= 4 is 0 Å². The Labute approximate surface area is 114 Å². The zero-order valence-electron chi connectivity index (χ0n) is 12.4. The van der Waals surface area contributed by atoms with E-state index in [0.29, 0.717) is 6.42 Å². The summed E-state index contributed by atoms with van der Waals surface area (Å²) in [6.45, 7) is 6.24. The van der Waals surface area contributed by atoms with Crippen LogP contribution in [0.2, 0.25) is 0 Å². The van der Waals surface area contributed by atoms with Crippen LogP contribution in [0.25, 0.3) is 0 Å². The van der Waals surface area contributed by atoms with Gasteiger partial charge in [0.15, 0.2) is 11.6 Å². The molecular weight excluding hydrogens is 245 g/mol. The fourth-order valence-corrected chi connectivity index (χ4v) is 2.39. The van der Waals surface area contributed by atoms with Crippen molar-refractivity contribution in [2.45, 2.75) is 39.3 Å². The molecule has 1 rings (SSSR count). The van der Waals surface area contributed by atoms with Crippen molar-refractivity contribution < 1.29 is 13.9 Å². The molecule has 0 aromatic heterocycles. The highest BCUT2D eigenvalue weighted by Gasteiger charge is 2.30. The van der Waals surface area contributed by atoms with E-state index in [4.69, 9.17) is 15.2 Å². The van der Waals surface area contributed by atoms with Crippen molar-refractivity contribution in [1.82, 2.24) is 0 Å². The van der Waals surface area contributed by atoms with Gasteiger partial charge >= 0.3 is 0 Å². The van der Waals surface area contributed by atoms with Gasteiger partial charge in [-0.2, -0.15) is 0 Å². The second-order valence-electron chi connectivity index (χ2n) is 5.86. The minimum Gasteiger partial charge on any atom is -0.494 e. The van der Waals surface area contributed by atoms with Crippen molar-refractivity contribution in [1.29, 1.82) is 0 Å². The van der Waals surface area contributed by atoms with E-state index in [1.165, 1.54) is 13.2 Å². The van der Waals surface area contributed by atoms with E-state index in [1.807, 2.05) is 6.07 Å². The first-order chi connectivity index (χ1) is 8.79. The molecule has 0 heterocycles. The summed E-state index contributed by atoms with van der Waals surface area (Å²) in [7, 11) is 3.11. The van der Waals surface area contributed by atoms with Crippen LogP contribution in [0.1, 0.15) is 26.3 Å². The molecule has 3 nitrogen and oxygen atoms in total. The Hall–Kier alpha value is -1.13. The normalized spacial score (nSPS) is 15.1. The molecule has 0 radical (unpaired) electrons. The Bertz CT molecular complexity index is 415. The van der Waals surface area contributed by atoms with E-state index >= 15 is 0 Å². The van der Waals surface area contributed by atoms with Crippen molar-refractivity contribution in [2.75, 3.05) is 14.2 Å². The molecule has 0 saturated heterocycles. The van der Waals surface area contributed by atoms with Gasteiger partial charge in [-0.25, -0.2) is 4.39 Å². The van der Waals surface area contributed by atoms with Gasteiger partial charge in [0.05, 0.1) is 13.2 Å². The number of hydrogen-bond donors (Lipinski definition) is 1. The molecule has 0 fully saturated rings. The van der Waals surface area contributed by atoms with Gasteiger partial charge in [0.2, 0.25) is 0 Å². The lowest BCUT2D eigenvalue weighted by Crippen LogP contribution is -2.46. The Kier molecular flexibility index (Phi) is 5.32. The molecule has 0 aliphatic rings. The minimum atomic E-state index is -0.364. The van der Waals surface area contributed by atoms with Crippen LogP contribution in [0.5, 0.6) is 5.75 Å². The fraction of sp³-hybridized carbons (Fsp3) is 0.600. The minimum absolute atomic E-state index is 0.0564. The van der Waals surface area contributed by atoms with Crippen molar-refractivity contribution in [3.63, 3.8) is 0 Å². The van der Waals surface area contributed by atoms with Crippen molar-refractivity contribution in [3.8, 4) is 5.75 Å². The zero-order valence-corrected chi connectivity index (χ0v) is 12.4. The van der Waals surface area contributed by atoms with E-state index in [9.17, 15) is 4.39 Å². The van der Waals surface area contributed by atoms with E-state index in [2.05, 4.69) is 20.8 Å². The molecule has 1 aromatic rings. The summed E-state index contributed by atoms with van der Waals surface area (Å²) in [6.07, 6.45) is 0.481. The lowest BCUT2D eigenvalue weighted by molar-refractivity contribution is -0.00166. The van der Waals surface area contributed by atoms with Gasteiger partial charge in [0.1, 0.15) is 0 Å². The largest absolute Gasteiger partial charge is 0.494 e. The van der Waals surface area contributed by atoms with Crippen LogP contribution in [-0.4, -0.2) is 26.4 Å². The number of benzene rings is 1. The molecule has 0 aliphatic heterocycles. The zero-order chi connectivity index (χ0) is 14.6. The average Bonchev–Trinajstić information content (AvgIpc) is 2.28. The summed E-state index contributed by atoms with van der Waals surface area (Å²) in [5, 5.41) is 0. The van der Waals surface area contributed by atoms with Crippen molar-refractivity contribution in [2.24, 2.45) is 11.1 Å². The van der Waals surface area contributed by atoms with E-state index in [0.717, 1.165) is 5.56 Å². The lowest BCUT2D eigenvalue weighted by Gasteiger charge is -2.34. The Morgan fingerprint density at radius 2 is 1.89 bits per heavy atom. The van der Waals surface area contributed by atoms with Crippen LogP contribution in [0, 0.1) is 11.2 Å². The highest BCUT2D eigenvalue weighted by molar-refractivity contribution is 5.29. The first-order valence-electron chi connectivity index (χ1n) is 6.40. The third kappa shape index (κ3) is 4.18. The first-order valence-corrected chi connectivity index (χ1v) is 6.40. The van der Waals surface area contributed by atoms with E-state index in [-0.39, 0.29) is 29.1 Å². The summed E-state index contributed by atoms with van der Waals surface area (Å²) in [4.78, 5) is 0. The third-order valence-electron chi connectivity index (χ3n) is 3.18. The first kappa shape index (κ1) is 15.9. The van der Waals surface area contributed by atoms with Crippen LogP contribution in [0.15, 0.2) is 18.2 Å². The molecule has 0 saturated carbocycles. The van der Waals surface area contributed by atoms with Gasteiger partial charge in [0.25, 0.3) is 0 Å². The van der Waals surface area contributed by atoms with Crippen LogP contribution < -0.4 is 10.5 Å². The molecule has 0 spiro atoms. The molecule has 2 atom stereocenters.